The third kappa shape index (κ3) is 4.98. The van der Waals surface area contributed by atoms with Gasteiger partial charge in [0, 0.05) is 21.8 Å². The average Bonchev–Trinajstić information content (AvgIpc) is 2.55. The Balaban J connectivity index is 0.00000225. The van der Waals surface area contributed by atoms with E-state index in [9.17, 15) is 4.79 Å². The minimum Gasteiger partial charge on any atom is -1.00 e. The van der Waals surface area contributed by atoms with Gasteiger partial charge in [0.15, 0.2) is 0 Å². The molecule has 6 heteroatoms. The van der Waals surface area contributed by atoms with Crippen molar-refractivity contribution < 1.29 is 26.8 Å². The highest BCUT2D eigenvalue weighted by Gasteiger charge is 2.17. The number of anilines is 1. The second kappa shape index (κ2) is 8.39. The summed E-state index contributed by atoms with van der Waals surface area (Å²) in [5.74, 6) is 0.582. The summed E-state index contributed by atoms with van der Waals surface area (Å²) >= 11 is 6.00. The van der Waals surface area contributed by atoms with Crippen molar-refractivity contribution in [2.24, 2.45) is 0 Å². The number of ether oxygens (including phenoxy) is 1. The fourth-order valence-corrected chi connectivity index (χ4v) is 2.79. The van der Waals surface area contributed by atoms with Gasteiger partial charge in [-0.2, -0.15) is 0 Å². The molecule has 0 spiro atoms. The van der Waals surface area contributed by atoms with E-state index in [4.69, 9.17) is 16.3 Å². The smallest absolute Gasteiger partial charge is 0.255 e. The molecule has 132 valence electrons. The highest BCUT2D eigenvalue weighted by Crippen LogP contribution is 2.29. The molecule has 0 bridgehead atoms. The molecule has 4 nitrogen and oxygen atoms in total. The summed E-state index contributed by atoms with van der Waals surface area (Å²) < 4.78 is 5.62. The predicted molar refractivity (Wildman–Crippen MR) is 96.5 cm³/mol. The molecule has 1 amide bonds. The minimum absolute atomic E-state index is 0. The second-order valence-electron chi connectivity index (χ2n) is 6.18. The number of quaternary nitrogens is 1. The van der Waals surface area contributed by atoms with Crippen molar-refractivity contribution in [3.8, 4) is 5.75 Å². The SMILES string of the molecule is C[NH+](C)Cc1ccc(NC(=O)C2=Cc3cc(Cl)ccc3OC2)cc1.[Cl-]. The first-order valence-electron chi connectivity index (χ1n) is 7.83. The molecule has 1 aliphatic heterocycles. The lowest BCUT2D eigenvalue weighted by atomic mass is 10.1. The summed E-state index contributed by atoms with van der Waals surface area (Å²) in [6.45, 7) is 1.20. The van der Waals surface area contributed by atoms with E-state index in [1.807, 2.05) is 36.4 Å². The number of nitrogens with one attached hydrogen (secondary N) is 2. The molecule has 0 aromatic heterocycles. The van der Waals surface area contributed by atoms with Gasteiger partial charge < -0.3 is 27.4 Å². The first kappa shape index (κ1) is 19.3. The van der Waals surface area contributed by atoms with Crippen LogP contribution in [0.2, 0.25) is 5.02 Å². The van der Waals surface area contributed by atoms with Crippen LogP contribution in [0.25, 0.3) is 6.08 Å². The lowest BCUT2D eigenvalue weighted by molar-refractivity contribution is -0.872. The summed E-state index contributed by atoms with van der Waals surface area (Å²) in [5, 5.41) is 3.53. The largest absolute Gasteiger partial charge is 1.00 e. The molecular formula is C19H20Cl2N2O2. The van der Waals surface area contributed by atoms with Crippen LogP contribution < -0.4 is 27.4 Å². The van der Waals surface area contributed by atoms with E-state index in [2.05, 4.69) is 19.4 Å². The van der Waals surface area contributed by atoms with Crippen molar-refractivity contribution in [2.75, 3.05) is 26.0 Å². The number of carbonyl (C=O) groups is 1. The number of carbonyl (C=O) groups excluding carboxylic acids is 1. The Labute approximate surface area is 158 Å². The van der Waals surface area contributed by atoms with Crippen LogP contribution in [0.15, 0.2) is 48.0 Å². The number of hydrogen-bond donors (Lipinski definition) is 2. The Bertz CT molecular complexity index is 787. The highest BCUT2D eigenvalue weighted by atomic mass is 35.5. The molecule has 0 aliphatic carbocycles. The molecule has 2 aromatic rings. The van der Waals surface area contributed by atoms with Gasteiger partial charge in [0.25, 0.3) is 5.91 Å². The molecule has 1 heterocycles. The number of rotatable bonds is 4. The molecule has 0 radical (unpaired) electrons. The zero-order valence-electron chi connectivity index (χ0n) is 14.1. The number of amides is 1. The van der Waals surface area contributed by atoms with Gasteiger partial charge in [0.2, 0.25) is 0 Å². The standard InChI is InChI=1S/C19H19ClN2O2.ClH/c1-22(2)11-13-3-6-17(7-4-13)21-19(23)15-9-14-10-16(20)5-8-18(14)24-12-15;/h3-10H,11-12H2,1-2H3,(H,21,23);1H. The van der Waals surface area contributed by atoms with Crippen molar-refractivity contribution in [2.45, 2.75) is 6.54 Å². The molecule has 0 atom stereocenters. The molecule has 0 saturated carbocycles. The molecule has 0 unspecified atom stereocenters. The third-order valence-electron chi connectivity index (χ3n) is 3.75. The molecule has 1 aliphatic rings. The molecule has 0 saturated heterocycles. The molecule has 3 rings (SSSR count). The van der Waals surface area contributed by atoms with E-state index in [-0.39, 0.29) is 24.9 Å². The quantitative estimate of drug-likeness (QED) is 0.746. The Morgan fingerprint density at radius 3 is 2.60 bits per heavy atom. The van der Waals surface area contributed by atoms with Crippen LogP contribution in [0.5, 0.6) is 5.75 Å². The van der Waals surface area contributed by atoms with E-state index < -0.39 is 0 Å². The first-order chi connectivity index (χ1) is 11.5. The average molecular weight is 379 g/mol. The summed E-state index contributed by atoms with van der Waals surface area (Å²) in [4.78, 5) is 13.8. The van der Waals surface area contributed by atoms with Gasteiger partial charge in [-0.15, -0.1) is 0 Å². The van der Waals surface area contributed by atoms with Gasteiger partial charge in [-0.3, -0.25) is 4.79 Å². The second-order valence-corrected chi connectivity index (χ2v) is 6.61. The van der Waals surface area contributed by atoms with Crippen LogP contribution in [0.1, 0.15) is 11.1 Å². The van der Waals surface area contributed by atoms with Crippen LogP contribution in [-0.4, -0.2) is 26.6 Å². The van der Waals surface area contributed by atoms with Gasteiger partial charge >= 0.3 is 0 Å². The van der Waals surface area contributed by atoms with Gasteiger partial charge in [-0.25, -0.2) is 0 Å². The molecule has 25 heavy (non-hydrogen) atoms. The van der Waals surface area contributed by atoms with E-state index >= 15 is 0 Å². The van der Waals surface area contributed by atoms with Crippen molar-refractivity contribution in [3.63, 3.8) is 0 Å². The van der Waals surface area contributed by atoms with Crippen molar-refractivity contribution >= 4 is 29.3 Å². The van der Waals surface area contributed by atoms with Gasteiger partial charge in [0.1, 0.15) is 18.9 Å². The van der Waals surface area contributed by atoms with Gasteiger partial charge in [-0.1, -0.05) is 23.7 Å². The van der Waals surface area contributed by atoms with E-state index in [1.165, 1.54) is 10.5 Å². The fraction of sp³-hybridized carbons (Fsp3) is 0.211. The Kier molecular flexibility index (Phi) is 6.48. The number of halogens is 2. The molecule has 2 aromatic carbocycles. The highest BCUT2D eigenvalue weighted by molar-refractivity contribution is 6.30. The summed E-state index contributed by atoms with van der Waals surface area (Å²) in [6, 6.07) is 13.3. The van der Waals surface area contributed by atoms with Crippen LogP contribution in [0, 0.1) is 0 Å². The maximum absolute atomic E-state index is 12.4. The Hall–Kier alpha value is -2.01. The lowest BCUT2D eigenvalue weighted by Crippen LogP contribution is -3.04. The molecule has 2 N–H and O–H groups in total. The zero-order chi connectivity index (χ0) is 17.1. The van der Waals surface area contributed by atoms with Gasteiger partial charge in [-0.05, 0) is 36.4 Å². The molecule has 0 fully saturated rings. The number of fused-ring (bicyclic) bond motifs is 1. The topological polar surface area (TPSA) is 42.8 Å². The normalized spacial score (nSPS) is 12.6. The van der Waals surface area contributed by atoms with Crippen LogP contribution in [0.3, 0.4) is 0 Å². The predicted octanol–water partition coefficient (Wildman–Crippen LogP) is -0.597. The first-order valence-corrected chi connectivity index (χ1v) is 8.21. The maximum atomic E-state index is 12.4. The summed E-state index contributed by atoms with van der Waals surface area (Å²) in [7, 11) is 4.21. The Morgan fingerprint density at radius 2 is 1.92 bits per heavy atom. The monoisotopic (exact) mass is 378 g/mol. The fourth-order valence-electron chi connectivity index (χ4n) is 2.61. The van der Waals surface area contributed by atoms with Crippen molar-refractivity contribution in [1.29, 1.82) is 0 Å². The zero-order valence-corrected chi connectivity index (χ0v) is 15.6. The summed E-state index contributed by atoms with van der Waals surface area (Å²) in [5.41, 5.74) is 3.40. The summed E-state index contributed by atoms with van der Waals surface area (Å²) in [6.07, 6.45) is 1.82. The number of benzene rings is 2. The minimum atomic E-state index is -0.161. The third-order valence-corrected chi connectivity index (χ3v) is 3.98. The number of hydrogen-bond acceptors (Lipinski definition) is 2. The van der Waals surface area contributed by atoms with E-state index in [0.717, 1.165) is 23.5 Å². The lowest BCUT2D eigenvalue weighted by Gasteiger charge is -2.18. The van der Waals surface area contributed by atoms with E-state index in [1.54, 1.807) is 12.1 Å². The Morgan fingerprint density at radius 1 is 1.20 bits per heavy atom. The van der Waals surface area contributed by atoms with Crippen LogP contribution in [0.4, 0.5) is 5.69 Å². The van der Waals surface area contributed by atoms with Crippen LogP contribution >= 0.6 is 11.6 Å². The van der Waals surface area contributed by atoms with E-state index in [0.29, 0.717) is 10.6 Å². The van der Waals surface area contributed by atoms with Crippen molar-refractivity contribution in [1.82, 2.24) is 0 Å². The van der Waals surface area contributed by atoms with Crippen molar-refractivity contribution in [3.05, 3.63) is 64.2 Å². The maximum Gasteiger partial charge on any atom is 0.255 e. The molecular weight excluding hydrogens is 359 g/mol. The van der Waals surface area contributed by atoms with Crippen LogP contribution in [-0.2, 0) is 11.3 Å². The van der Waals surface area contributed by atoms with Gasteiger partial charge in [0.05, 0.1) is 19.7 Å².